The zero-order valence-electron chi connectivity index (χ0n) is 13.5. The summed E-state index contributed by atoms with van der Waals surface area (Å²) < 4.78 is 5.86. The topological polar surface area (TPSA) is 67.6 Å². The Kier molecular flexibility index (Phi) is 3.79. The van der Waals surface area contributed by atoms with Crippen LogP contribution >= 0.6 is 0 Å². The normalized spacial score (nSPS) is 42.2. The largest absolute Gasteiger partial charge is 0.377 e. The van der Waals surface area contributed by atoms with Crippen molar-refractivity contribution >= 4 is 5.91 Å². The molecule has 120 valence electrons. The maximum atomic E-state index is 12.8. The van der Waals surface area contributed by atoms with Crippen molar-refractivity contribution in [3.8, 4) is 0 Å². The van der Waals surface area contributed by atoms with Gasteiger partial charge in [0.1, 0.15) is 5.54 Å². The van der Waals surface area contributed by atoms with Crippen molar-refractivity contribution in [1.82, 2.24) is 10.2 Å². The van der Waals surface area contributed by atoms with E-state index in [1.54, 1.807) is 0 Å². The number of carbonyl (C=O) groups is 1. The fraction of sp³-hybridized carbons (Fsp3) is 0.938. The van der Waals surface area contributed by atoms with Crippen molar-refractivity contribution in [3.05, 3.63) is 0 Å². The van der Waals surface area contributed by atoms with Gasteiger partial charge < -0.3 is 20.7 Å². The number of nitrogens with one attached hydrogen (secondary N) is 1. The molecule has 0 radical (unpaired) electrons. The Hall–Kier alpha value is -0.650. The summed E-state index contributed by atoms with van der Waals surface area (Å²) in [6.45, 7) is 7.88. The molecule has 0 spiro atoms. The van der Waals surface area contributed by atoms with Crippen molar-refractivity contribution in [2.24, 2.45) is 23.0 Å². The molecule has 5 heteroatoms. The molecule has 2 heterocycles. The molecule has 0 aromatic rings. The van der Waals surface area contributed by atoms with Crippen LogP contribution in [0, 0.1) is 17.3 Å². The fourth-order valence-corrected chi connectivity index (χ4v) is 4.61. The molecule has 21 heavy (non-hydrogen) atoms. The molecule has 3 fully saturated rings. The number of nitrogens with two attached hydrogens (primary N) is 1. The average molecular weight is 295 g/mol. The van der Waals surface area contributed by atoms with Crippen LogP contribution in [0.5, 0.6) is 0 Å². The molecule has 3 N–H and O–H groups in total. The van der Waals surface area contributed by atoms with Gasteiger partial charge in [-0.3, -0.25) is 4.79 Å². The van der Waals surface area contributed by atoms with Crippen molar-refractivity contribution in [2.45, 2.75) is 44.8 Å². The van der Waals surface area contributed by atoms with Crippen LogP contribution in [0.3, 0.4) is 0 Å². The van der Waals surface area contributed by atoms with E-state index >= 15 is 0 Å². The first kappa shape index (κ1) is 15.3. The summed E-state index contributed by atoms with van der Waals surface area (Å²) in [5.74, 6) is 0.755. The van der Waals surface area contributed by atoms with Gasteiger partial charge >= 0.3 is 0 Å². The molecule has 1 amide bonds. The molecular formula is C16H29N3O2. The second-order valence-electron chi connectivity index (χ2n) is 7.76. The first-order valence-corrected chi connectivity index (χ1v) is 8.24. The molecule has 1 saturated carbocycles. The molecule has 0 bridgehead atoms. The highest BCUT2D eigenvalue weighted by molar-refractivity contribution is 5.89. The molecule has 3 rings (SSSR count). The second kappa shape index (κ2) is 5.21. The molecule has 3 aliphatic rings. The predicted octanol–water partition coefficient (Wildman–Crippen LogP) is 0.587. The number of fused-ring (bicyclic) bond motifs is 1. The minimum absolute atomic E-state index is 0.0220. The van der Waals surface area contributed by atoms with Crippen molar-refractivity contribution in [1.29, 1.82) is 0 Å². The van der Waals surface area contributed by atoms with E-state index in [4.69, 9.17) is 10.5 Å². The van der Waals surface area contributed by atoms with Crippen molar-refractivity contribution in [3.63, 3.8) is 0 Å². The predicted molar refractivity (Wildman–Crippen MR) is 81.8 cm³/mol. The van der Waals surface area contributed by atoms with Gasteiger partial charge in [-0.15, -0.1) is 0 Å². The van der Waals surface area contributed by atoms with Crippen LogP contribution < -0.4 is 11.1 Å². The fourth-order valence-electron chi connectivity index (χ4n) is 4.61. The Morgan fingerprint density at radius 1 is 1.43 bits per heavy atom. The number of nitrogens with zero attached hydrogens (tertiary/aromatic N) is 1. The van der Waals surface area contributed by atoms with Gasteiger partial charge in [0.15, 0.2) is 0 Å². The Morgan fingerprint density at radius 2 is 2.19 bits per heavy atom. The molecule has 2 saturated heterocycles. The van der Waals surface area contributed by atoms with Crippen LogP contribution in [0.2, 0.25) is 0 Å². The number of likely N-dealkylation sites (tertiary alicyclic amines) is 1. The number of hydrogen-bond acceptors (Lipinski definition) is 4. The minimum Gasteiger partial charge on any atom is -0.377 e. The smallest absolute Gasteiger partial charge is 0.241 e. The van der Waals surface area contributed by atoms with E-state index in [2.05, 4.69) is 31.1 Å². The Balaban J connectivity index is 1.63. The highest BCUT2D eigenvalue weighted by Gasteiger charge is 2.70. The number of carbonyl (C=O) groups excluding carboxylic acids is 1. The van der Waals surface area contributed by atoms with Gasteiger partial charge in [0, 0.05) is 31.0 Å². The Bertz CT molecular complexity index is 426. The zero-order chi connectivity index (χ0) is 15.3. The first-order valence-electron chi connectivity index (χ1n) is 8.24. The van der Waals surface area contributed by atoms with Crippen molar-refractivity contribution < 1.29 is 9.53 Å². The van der Waals surface area contributed by atoms with Crippen LogP contribution in [0.25, 0.3) is 0 Å². The lowest BCUT2D eigenvalue weighted by atomic mass is 9.46. The van der Waals surface area contributed by atoms with Crippen molar-refractivity contribution in [2.75, 3.05) is 33.3 Å². The third-order valence-electron chi connectivity index (χ3n) is 6.10. The van der Waals surface area contributed by atoms with Gasteiger partial charge in [-0.25, -0.2) is 0 Å². The SMILES string of the molecule is CN1CCC(CNC(=O)C2(N)C3CCCOC3C2(C)C)C1. The van der Waals surface area contributed by atoms with Crippen LogP contribution in [0.4, 0.5) is 0 Å². The van der Waals surface area contributed by atoms with E-state index in [0.29, 0.717) is 5.92 Å². The maximum Gasteiger partial charge on any atom is 0.241 e. The lowest BCUT2D eigenvalue weighted by Crippen LogP contribution is -2.82. The monoisotopic (exact) mass is 295 g/mol. The standard InChI is InChI=1S/C16H29N3O2/c1-15(2)13-12(5-4-8-21-13)16(15,17)14(20)18-9-11-6-7-19(3)10-11/h11-13H,4-10,17H2,1-3H3,(H,18,20). The molecule has 0 aromatic carbocycles. The van der Waals surface area contributed by atoms with Gasteiger partial charge in [0.2, 0.25) is 5.91 Å². The van der Waals surface area contributed by atoms with E-state index in [0.717, 1.165) is 45.5 Å². The maximum absolute atomic E-state index is 12.8. The summed E-state index contributed by atoms with van der Waals surface area (Å²) in [6.07, 6.45) is 3.31. The molecule has 0 aromatic heterocycles. The first-order chi connectivity index (χ1) is 9.87. The number of ether oxygens (including phenoxy) is 1. The van der Waals surface area contributed by atoms with Crippen LogP contribution in [0.1, 0.15) is 33.1 Å². The van der Waals surface area contributed by atoms with Gasteiger partial charge in [-0.2, -0.15) is 0 Å². The van der Waals surface area contributed by atoms with E-state index in [1.165, 1.54) is 0 Å². The molecule has 1 aliphatic carbocycles. The van der Waals surface area contributed by atoms with Gasteiger partial charge in [-0.05, 0) is 38.8 Å². The highest BCUT2D eigenvalue weighted by Crippen LogP contribution is 2.57. The summed E-state index contributed by atoms with van der Waals surface area (Å²) in [4.78, 5) is 15.1. The second-order valence-corrected chi connectivity index (χ2v) is 7.76. The van der Waals surface area contributed by atoms with Crippen LogP contribution in [-0.2, 0) is 9.53 Å². The zero-order valence-corrected chi connectivity index (χ0v) is 13.5. The summed E-state index contributed by atoms with van der Waals surface area (Å²) >= 11 is 0. The molecule has 4 atom stereocenters. The summed E-state index contributed by atoms with van der Waals surface area (Å²) in [5, 5.41) is 3.13. The van der Waals surface area contributed by atoms with Crippen LogP contribution in [0.15, 0.2) is 0 Å². The molecule has 2 aliphatic heterocycles. The van der Waals surface area contributed by atoms with E-state index in [-0.39, 0.29) is 23.3 Å². The van der Waals surface area contributed by atoms with Gasteiger partial charge in [0.05, 0.1) is 6.10 Å². The summed E-state index contributed by atoms with van der Waals surface area (Å²) in [7, 11) is 2.13. The molecule has 5 nitrogen and oxygen atoms in total. The number of amides is 1. The molecule has 4 unspecified atom stereocenters. The van der Waals surface area contributed by atoms with Gasteiger partial charge in [-0.1, -0.05) is 13.8 Å². The van der Waals surface area contributed by atoms with Gasteiger partial charge in [0.25, 0.3) is 0 Å². The summed E-state index contributed by atoms with van der Waals surface area (Å²) in [5.41, 5.74) is 5.53. The van der Waals surface area contributed by atoms with E-state index < -0.39 is 5.54 Å². The lowest BCUT2D eigenvalue weighted by Gasteiger charge is -2.65. The van der Waals surface area contributed by atoms with E-state index in [1.807, 2.05) is 0 Å². The quantitative estimate of drug-likeness (QED) is 0.799. The Labute approximate surface area is 127 Å². The third kappa shape index (κ3) is 2.21. The highest BCUT2D eigenvalue weighted by atomic mass is 16.5. The minimum atomic E-state index is -0.775. The number of hydrogen-bond donors (Lipinski definition) is 2. The number of rotatable bonds is 3. The summed E-state index contributed by atoms with van der Waals surface area (Å²) in [6, 6.07) is 0. The molecular weight excluding hydrogens is 266 g/mol. The Morgan fingerprint density at radius 3 is 2.86 bits per heavy atom. The van der Waals surface area contributed by atoms with Crippen LogP contribution in [-0.4, -0.2) is 55.7 Å². The van der Waals surface area contributed by atoms with E-state index in [9.17, 15) is 4.79 Å². The lowest BCUT2D eigenvalue weighted by molar-refractivity contribution is -0.225. The third-order valence-corrected chi connectivity index (χ3v) is 6.10. The average Bonchev–Trinajstić information content (AvgIpc) is 2.89.